The summed E-state index contributed by atoms with van der Waals surface area (Å²) in [7, 11) is 1.81. The van der Waals surface area contributed by atoms with Gasteiger partial charge in [-0.25, -0.2) is 0 Å². The summed E-state index contributed by atoms with van der Waals surface area (Å²) in [6.45, 7) is 3.78. The van der Waals surface area contributed by atoms with Gasteiger partial charge >= 0.3 is 0 Å². The molecule has 0 bridgehead atoms. The van der Waals surface area contributed by atoms with E-state index in [-0.39, 0.29) is 6.61 Å². The first-order chi connectivity index (χ1) is 6.51. The molecule has 1 rings (SSSR count). The molecule has 0 fully saturated rings. The molecule has 0 atom stereocenters. The molecule has 0 radical (unpaired) electrons. The lowest BCUT2D eigenvalue weighted by atomic mass is 10.1. The summed E-state index contributed by atoms with van der Waals surface area (Å²) in [6, 6.07) is 3.31. The molecule has 0 aromatic carbocycles. The number of anilines is 1. The number of rotatable bonds is 4. The minimum atomic E-state index is -0.405. The van der Waals surface area contributed by atoms with Gasteiger partial charge in [-0.3, -0.25) is 4.79 Å². The Bertz CT molecular complexity index is 317. The molecule has 78 valence electrons. The van der Waals surface area contributed by atoms with Gasteiger partial charge in [0, 0.05) is 13.1 Å². The molecule has 1 heterocycles. The predicted molar refractivity (Wildman–Crippen MR) is 53.7 cm³/mol. The van der Waals surface area contributed by atoms with E-state index >= 15 is 0 Å². The third-order valence-electron chi connectivity index (χ3n) is 2.35. The minimum Gasteiger partial charge on any atom is -0.438 e. The third kappa shape index (κ3) is 1.96. The maximum absolute atomic E-state index is 10.4. The molecule has 0 aliphatic carbocycles. The molecular weight excluding hydrogens is 182 g/mol. The molecule has 1 aromatic heterocycles. The summed E-state index contributed by atoms with van der Waals surface area (Å²) in [5.74, 6) is 0.867. The second-order valence-electron chi connectivity index (χ2n) is 3.82. The lowest BCUT2D eigenvalue weighted by molar-refractivity contribution is 0.110. The van der Waals surface area contributed by atoms with E-state index in [2.05, 4.69) is 0 Å². The van der Waals surface area contributed by atoms with E-state index in [4.69, 9.17) is 9.52 Å². The van der Waals surface area contributed by atoms with Crippen molar-refractivity contribution in [1.82, 2.24) is 0 Å². The first kappa shape index (κ1) is 10.8. The number of carbonyl (C=O) groups excluding carboxylic acids is 1. The number of aldehydes is 1. The number of aliphatic hydroxyl groups excluding tert-OH is 1. The van der Waals surface area contributed by atoms with Crippen LogP contribution in [0.15, 0.2) is 16.5 Å². The van der Waals surface area contributed by atoms with E-state index in [1.807, 2.05) is 20.9 Å². The van der Waals surface area contributed by atoms with E-state index in [0.717, 1.165) is 0 Å². The molecule has 0 amide bonds. The Morgan fingerprint density at radius 3 is 2.64 bits per heavy atom. The quantitative estimate of drug-likeness (QED) is 0.739. The normalized spacial score (nSPS) is 11.4. The molecule has 0 spiro atoms. The van der Waals surface area contributed by atoms with Crippen molar-refractivity contribution in [2.45, 2.75) is 19.4 Å². The van der Waals surface area contributed by atoms with Gasteiger partial charge in [-0.05, 0) is 19.9 Å². The molecule has 4 heteroatoms. The van der Waals surface area contributed by atoms with Crippen LogP contribution >= 0.6 is 0 Å². The van der Waals surface area contributed by atoms with Gasteiger partial charge in [0.15, 0.2) is 17.9 Å². The summed E-state index contributed by atoms with van der Waals surface area (Å²) in [5.41, 5.74) is -0.405. The topological polar surface area (TPSA) is 53.7 Å². The van der Waals surface area contributed by atoms with Gasteiger partial charge in [-0.2, -0.15) is 0 Å². The van der Waals surface area contributed by atoms with Crippen LogP contribution in [0.3, 0.4) is 0 Å². The van der Waals surface area contributed by atoms with Gasteiger partial charge < -0.3 is 14.4 Å². The first-order valence-electron chi connectivity index (χ1n) is 4.41. The minimum absolute atomic E-state index is 0.0145. The largest absolute Gasteiger partial charge is 0.438 e. The third-order valence-corrected chi connectivity index (χ3v) is 2.35. The van der Waals surface area contributed by atoms with Gasteiger partial charge in [-0.15, -0.1) is 0 Å². The zero-order valence-electron chi connectivity index (χ0n) is 8.65. The number of aliphatic hydroxyl groups is 1. The average molecular weight is 197 g/mol. The summed E-state index contributed by atoms with van der Waals surface area (Å²) < 4.78 is 5.23. The summed E-state index contributed by atoms with van der Waals surface area (Å²) in [4.78, 5) is 12.2. The van der Waals surface area contributed by atoms with E-state index in [1.165, 1.54) is 0 Å². The van der Waals surface area contributed by atoms with Crippen LogP contribution in [-0.2, 0) is 0 Å². The van der Waals surface area contributed by atoms with Crippen molar-refractivity contribution >= 4 is 12.2 Å². The van der Waals surface area contributed by atoms with Crippen molar-refractivity contribution in [3.05, 3.63) is 17.9 Å². The SMILES string of the molecule is CN(c1ccc(C=O)o1)C(C)(C)CO. The Kier molecular flexibility index (Phi) is 2.96. The van der Waals surface area contributed by atoms with Crippen molar-refractivity contribution in [2.75, 3.05) is 18.6 Å². The fourth-order valence-electron chi connectivity index (χ4n) is 0.990. The van der Waals surface area contributed by atoms with Crippen LogP contribution < -0.4 is 4.90 Å². The molecule has 0 aliphatic heterocycles. The molecule has 1 N–H and O–H groups in total. The van der Waals surface area contributed by atoms with Gasteiger partial charge in [0.25, 0.3) is 0 Å². The summed E-state index contributed by atoms with van der Waals surface area (Å²) >= 11 is 0. The van der Waals surface area contributed by atoms with Crippen molar-refractivity contribution in [3.63, 3.8) is 0 Å². The Balaban J connectivity index is 2.88. The molecule has 4 nitrogen and oxygen atoms in total. The van der Waals surface area contributed by atoms with Crippen molar-refractivity contribution < 1.29 is 14.3 Å². The lowest BCUT2D eigenvalue weighted by Crippen LogP contribution is -2.44. The molecule has 1 aromatic rings. The second kappa shape index (κ2) is 3.84. The van der Waals surface area contributed by atoms with E-state index in [9.17, 15) is 4.79 Å². The summed E-state index contributed by atoms with van der Waals surface area (Å²) in [5, 5.41) is 9.14. The van der Waals surface area contributed by atoms with Crippen molar-refractivity contribution in [2.24, 2.45) is 0 Å². The zero-order valence-corrected chi connectivity index (χ0v) is 8.65. The van der Waals surface area contributed by atoms with Crippen LogP contribution in [0.1, 0.15) is 24.4 Å². The molecule has 0 saturated heterocycles. The van der Waals surface area contributed by atoms with Crippen molar-refractivity contribution in [3.8, 4) is 0 Å². The van der Waals surface area contributed by atoms with E-state index in [1.54, 1.807) is 17.0 Å². The lowest BCUT2D eigenvalue weighted by Gasteiger charge is -2.33. The van der Waals surface area contributed by atoms with Crippen LogP contribution in [0.25, 0.3) is 0 Å². The number of carbonyl (C=O) groups is 1. The van der Waals surface area contributed by atoms with Crippen LogP contribution in [0.2, 0.25) is 0 Å². The van der Waals surface area contributed by atoms with E-state index in [0.29, 0.717) is 17.9 Å². The highest BCUT2D eigenvalue weighted by Crippen LogP contribution is 2.23. The van der Waals surface area contributed by atoms with Crippen LogP contribution in [0.5, 0.6) is 0 Å². The Labute approximate surface area is 83.1 Å². The molecule has 14 heavy (non-hydrogen) atoms. The monoisotopic (exact) mass is 197 g/mol. The van der Waals surface area contributed by atoms with E-state index < -0.39 is 5.54 Å². The highest BCUT2D eigenvalue weighted by Gasteiger charge is 2.24. The Morgan fingerprint density at radius 1 is 1.57 bits per heavy atom. The molecular formula is C10H15NO3. The first-order valence-corrected chi connectivity index (χ1v) is 4.41. The van der Waals surface area contributed by atoms with Gasteiger partial charge in [-0.1, -0.05) is 0 Å². The predicted octanol–water partition coefficient (Wildman–Crippen LogP) is 1.30. The van der Waals surface area contributed by atoms with Gasteiger partial charge in [0.2, 0.25) is 0 Å². The maximum Gasteiger partial charge on any atom is 0.196 e. The summed E-state index contributed by atoms with van der Waals surface area (Å²) in [6.07, 6.45) is 0.656. The number of hydrogen-bond acceptors (Lipinski definition) is 4. The fraction of sp³-hybridized carbons (Fsp3) is 0.500. The molecule has 0 saturated carbocycles. The van der Waals surface area contributed by atoms with Crippen LogP contribution in [0.4, 0.5) is 5.88 Å². The number of nitrogens with zero attached hydrogens (tertiary/aromatic N) is 1. The van der Waals surface area contributed by atoms with Crippen LogP contribution in [-0.4, -0.2) is 30.6 Å². The molecule has 0 unspecified atom stereocenters. The number of likely N-dealkylation sites (N-methyl/N-ethyl adjacent to an activating group) is 1. The zero-order chi connectivity index (χ0) is 10.8. The number of hydrogen-bond donors (Lipinski definition) is 1. The Hall–Kier alpha value is -1.29. The molecule has 0 aliphatic rings. The second-order valence-corrected chi connectivity index (χ2v) is 3.82. The van der Waals surface area contributed by atoms with Crippen LogP contribution in [0, 0.1) is 0 Å². The van der Waals surface area contributed by atoms with Crippen molar-refractivity contribution in [1.29, 1.82) is 0 Å². The van der Waals surface area contributed by atoms with Gasteiger partial charge in [0.1, 0.15) is 0 Å². The maximum atomic E-state index is 10.4. The highest BCUT2D eigenvalue weighted by molar-refractivity contribution is 5.71. The number of furan rings is 1. The van der Waals surface area contributed by atoms with Gasteiger partial charge in [0.05, 0.1) is 12.1 Å². The smallest absolute Gasteiger partial charge is 0.196 e. The average Bonchev–Trinajstić information content (AvgIpc) is 2.64. The Morgan fingerprint density at radius 2 is 2.21 bits per heavy atom. The fourth-order valence-corrected chi connectivity index (χ4v) is 0.990. The highest BCUT2D eigenvalue weighted by atomic mass is 16.4. The standard InChI is InChI=1S/C10H15NO3/c1-10(2,7-13)11(3)9-5-4-8(6-12)14-9/h4-6,13H,7H2,1-3H3.